The quantitative estimate of drug-likeness (QED) is 0.315. The Morgan fingerprint density at radius 3 is 2.29 bits per heavy atom. The highest BCUT2D eigenvalue weighted by Gasteiger charge is 2.13. The van der Waals surface area contributed by atoms with Crippen molar-refractivity contribution in [3.63, 3.8) is 0 Å². The van der Waals surface area contributed by atoms with Gasteiger partial charge >= 0.3 is 0 Å². The Morgan fingerprint density at radius 1 is 0.625 bits per heavy atom. The monoisotopic (exact) mass is 323 g/mol. The maximum atomic E-state index is 3.66. The summed E-state index contributed by atoms with van der Waals surface area (Å²) in [4.78, 5) is 3.66. The molecule has 2 heterocycles. The minimum absolute atomic E-state index is 1.21. The molecule has 0 saturated carbocycles. The number of hydrogen-bond donors (Lipinski definition) is 1. The van der Waals surface area contributed by atoms with Gasteiger partial charge in [0.05, 0.1) is 5.52 Å². The van der Waals surface area contributed by atoms with Gasteiger partial charge in [0.25, 0.3) is 0 Å². The molecule has 0 amide bonds. The largest absolute Gasteiger partial charge is 0.354 e. The van der Waals surface area contributed by atoms with E-state index < -0.39 is 0 Å². The van der Waals surface area contributed by atoms with Crippen LogP contribution in [0.2, 0.25) is 0 Å². The average Bonchev–Trinajstić information content (AvgIpc) is 3.19. The lowest BCUT2D eigenvalue weighted by atomic mass is 10.0. The molecule has 4 aromatic carbocycles. The topological polar surface area (TPSA) is 15.8 Å². The zero-order valence-electron chi connectivity index (χ0n) is 12.8. The van der Waals surface area contributed by atoms with Crippen LogP contribution in [0.4, 0.5) is 0 Å². The van der Waals surface area contributed by atoms with Crippen LogP contribution in [0, 0.1) is 0 Å². The molecular weight excluding hydrogens is 310 g/mol. The minimum atomic E-state index is 1.21. The van der Waals surface area contributed by atoms with Gasteiger partial charge in [0.15, 0.2) is 0 Å². The molecule has 0 unspecified atom stereocenters. The molecule has 112 valence electrons. The number of nitrogens with one attached hydrogen (secondary N) is 1. The molecule has 0 aliphatic carbocycles. The summed E-state index contributed by atoms with van der Waals surface area (Å²) < 4.78 is 2.74. The summed E-state index contributed by atoms with van der Waals surface area (Å²) in [6.45, 7) is 0. The van der Waals surface area contributed by atoms with Crippen LogP contribution in [0.5, 0.6) is 0 Å². The van der Waals surface area contributed by atoms with E-state index in [0.717, 1.165) is 0 Å². The van der Waals surface area contributed by atoms with E-state index in [1.165, 1.54) is 52.8 Å². The van der Waals surface area contributed by atoms with E-state index >= 15 is 0 Å². The molecule has 1 nitrogen and oxygen atoms in total. The lowest BCUT2D eigenvalue weighted by molar-refractivity contribution is 1.57. The molecule has 0 atom stereocenters. The van der Waals surface area contributed by atoms with Crippen LogP contribution in [0.3, 0.4) is 0 Å². The second kappa shape index (κ2) is 4.37. The van der Waals surface area contributed by atoms with E-state index in [0.29, 0.717) is 0 Å². The molecule has 0 aliphatic heterocycles. The number of rotatable bonds is 0. The number of hydrogen-bond acceptors (Lipinski definition) is 1. The van der Waals surface area contributed by atoms with Crippen LogP contribution in [-0.4, -0.2) is 4.98 Å². The summed E-state index contributed by atoms with van der Waals surface area (Å²) in [5.41, 5.74) is 2.46. The summed E-state index contributed by atoms with van der Waals surface area (Å²) in [6, 6.07) is 26.3. The Balaban J connectivity index is 1.95. The SMILES string of the molecule is c1ccc2c(c1)[nH]c1c2ccc2ccc3c4ccccc4sc3c21. The molecule has 0 spiro atoms. The first-order valence-electron chi connectivity index (χ1n) is 8.13. The van der Waals surface area contributed by atoms with Crippen LogP contribution in [0.25, 0.3) is 52.8 Å². The van der Waals surface area contributed by atoms with Gasteiger partial charge in [0, 0.05) is 41.8 Å². The minimum Gasteiger partial charge on any atom is -0.354 e. The third-order valence-corrected chi connectivity index (χ3v) is 6.21. The predicted octanol–water partition coefficient (Wildman–Crippen LogP) is 6.84. The number of fused-ring (bicyclic) bond motifs is 9. The summed E-state index contributed by atoms with van der Waals surface area (Å²) in [5.74, 6) is 0. The second-order valence-corrected chi connectivity index (χ2v) is 7.35. The van der Waals surface area contributed by atoms with Gasteiger partial charge in [-0.2, -0.15) is 0 Å². The van der Waals surface area contributed by atoms with Crippen molar-refractivity contribution in [2.45, 2.75) is 0 Å². The maximum absolute atomic E-state index is 3.66. The molecule has 0 radical (unpaired) electrons. The van der Waals surface area contributed by atoms with Crippen LogP contribution in [-0.2, 0) is 0 Å². The fraction of sp³-hybridized carbons (Fsp3) is 0. The van der Waals surface area contributed by atoms with Gasteiger partial charge < -0.3 is 4.98 Å². The Kier molecular flexibility index (Phi) is 2.29. The van der Waals surface area contributed by atoms with Crippen molar-refractivity contribution >= 4 is 64.1 Å². The number of H-pyrrole nitrogens is 1. The van der Waals surface area contributed by atoms with E-state index in [1.807, 2.05) is 11.3 Å². The summed E-state index contributed by atoms with van der Waals surface area (Å²) in [6.07, 6.45) is 0. The molecule has 0 saturated heterocycles. The fourth-order valence-electron chi connectivity index (χ4n) is 3.91. The van der Waals surface area contributed by atoms with Crippen LogP contribution >= 0.6 is 11.3 Å². The van der Waals surface area contributed by atoms with E-state index in [-0.39, 0.29) is 0 Å². The molecular formula is C22H13NS. The Labute approximate surface area is 142 Å². The first-order chi connectivity index (χ1) is 11.9. The molecule has 0 aliphatic rings. The standard InChI is InChI=1S/C22H13NS/c1-3-7-18-14(5-1)16-11-9-13-10-12-17-15-6-2-4-8-19(15)24-22(17)20(13)21(16)23-18/h1-12,23H. The van der Waals surface area contributed by atoms with Crippen molar-refractivity contribution in [3.8, 4) is 0 Å². The maximum Gasteiger partial charge on any atom is 0.0559 e. The normalized spacial score (nSPS) is 12.2. The summed E-state index contributed by atoms with van der Waals surface area (Å²) in [7, 11) is 0. The Morgan fingerprint density at radius 2 is 1.38 bits per heavy atom. The van der Waals surface area contributed by atoms with Crippen LogP contribution < -0.4 is 0 Å². The van der Waals surface area contributed by atoms with Crippen molar-refractivity contribution < 1.29 is 0 Å². The number of thiophene rings is 1. The smallest absolute Gasteiger partial charge is 0.0559 e. The van der Waals surface area contributed by atoms with Gasteiger partial charge in [-0.1, -0.05) is 60.7 Å². The van der Waals surface area contributed by atoms with Crippen molar-refractivity contribution in [2.75, 3.05) is 0 Å². The van der Waals surface area contributed by atoms with E-state index in [9.17, 15) is 0 Å². The van der Waals surface area contributed by atoms with Crippen molar-refractivity contribution in [1.82, 2.24) is 4.98 Å². The lowest BCUT2D eigenvalue weighted by Crippen LogP contribution is -1.76. The third kappa shape index (κ3) is 1.49. The van der Waals surface area contributed by atoms with Crippen LogP contribution in [0.1, 0.15) is 0 Å². The molecule has 0 fully saturated rings. The Hall–Kier alpha value is -2.84. The van der Waals surface area contributed by atoms with Gasteiger partial charge in [-0.15, -0.1) is 11.3 Å². The zero-order chi connectivity index (χ0) is 15.7. The van der Waals surface area contributed by atoms with Crippen molar-refractivity contribution in [1.29, 1.82) is 0 Å². The first kappa shape index (κ1) is 12.6. The van der Waals surface area contributed by atoms with E-state index in [1.54, 1.807) is 0 Å². The molecule has 24 heavy (non-hydrogen) atoms. The fourth-order valence-corrected chi connectivity index (χ4v) is 5.17. The summed E-state index contributed by atoms with van der Waals surface area (Å²) >= 11 is 1.90. The highest BCUT2D eigenvalue weighted by molar-refractivity contribution is 7.26. The molecule has 6 aromatic rings. The average molecular weight is 323 g/mol. The van der Waals surface area contributed by atoms with Crippen molar-refractivity contribution in [3.05, 3.63) is 72.8 Å². The molecule has 2 aromatic heterocycles. The van der Waals surface area contributed by atoms with Gasteiger partial charge in [0.2, 0.25) is 0 Å². The first-order valence-corrected chi connectivity index (χ1v) is 8.95. The van der Waals surface area contributed by atoms with Gasteiger partial charge in [-0.3, -0.25) is 0 Å². The van der Waals surface area contributed by atoms with Gasteiger partial charge in [-0.25, -0.2) is 0 Å². The zero-order valence-corrected chi connectivity index (χ0v) is 13.7. The molecule has 2 heteroatoms. The van der Waals surface area contributed by atoms with E-state index in [4.69, 9.17) is 0 Å². The number of aromatic amines is 1. The molecule has 0 bridgehead atoms. The van der Waals surface area contributed by atoms with Gasteiger partial charge in [0.1, 0.15) is 0 Å². The Bertz CT molecular complexity index is 1300. The highest BCUT2D eigenvalue weighted by atomic mass is 32.1. The van der Waals surface area contributed by atoms with Crippen molar-refractivity contribution in [2.24, 2.45) is 0 Å². The predicted molar refractivity (Wildman–Crippen MR) is 106 cm³/mol. The lowest BCUT2D eigenvalue weighted by Gasteiger charge is -2.02. The van der Waals surface area contributed by atoms with E-state index in [2.05, 4.69) is 77.8 Å². The second-order valence-electron chi connectivity index (χ2n) is 6.30. The number of para-hydroxylation sites is 1. The van der Waals surface area contributed by atoms with Gasteiger partial charge in [-0.05, 0) is 17.5 Å². The molecule has 1 N–H and O–H groups in total. The molecule has 6 rings (SSSR count). The summed E-state index contributed by atoms with van der Waals surface area (Å²) in [5, 5.41) is 7.97. The highest BCUT2D eigenvalue weighted by Crippen LogP contribution is 2.41. The van der Waals surface area contributed by atoms with Crippen LogP contribution in [0.15, 0.2) is 72.8 Å². The number of benzene rings is 4. The number of aromatic nitrogens is 1. The third-order valence-electron chi connectivity index (χ3n) is 5.00.